The van der Waals surface area contributed by atoms with E-state index in [1.807, 2.05) is 18.2 Å². The lowest BCUT2D eigenvalue weighted by molar-refractivity contribution is 1.49. The molecule has 28 heavy (non-hydrogen) atoms. The molecule has 0 spiro atoms. The molecular weight excluding hydrogens is 342 g/mol. The van der Waals surface area contributed by atoms with E-state index in [1.165, 1.54) is 21.9 Å². The molecule has 3 heteroatoms. The molecule has 2 N–H and O–H groups in total. The van der Waals surface area contributed by atoms with E-state index in [9.17, 15) is 5.26 Å². The zero-order valence-corrected chi connectivity index (χ0v) is 15.0. The third-order valence-corrected chi connectivity index (χ3v) is 5.57. The van der Waals surface area contributed by atoms with Gasteiger partial charge < -0.3 is 9.97 Å². The standard InChI is InChI=1S/C25H15N3/c26-14-15-5-8-23-19(11-15)21-13-17(7-10-25(21)28-23)16-6-9-24-20(12-16)18-3-1-2-4-22(18)27-24/h1-13,27-28H. The van der Waals surface area contributed by atoms with Gasteiger partial charge in [-0.2, -0.15) is 5.26 Å². The van der Waals surface area contributed by atoms with Gasteiger partial charge in [-0.1, -0.05) is 30.3 Å². The highest BCUT2D eigenvalue weighted by Gasteiger charge is 2.09. The summed E-state index contributed by atoms with van der Waals surface area (Å²) in [5.74, 6) is 0. The fraction of sp³-hybridized carbons (Fsp3) is 0. The normalized spacial score (nSPS) is 11.5. The van der Waals surface area contributed by atoms with E-state index in [1.54, 1.807) is 0 Å². The molecule has 6 rings (SSSR count). The van der Waals surface area contributed by atoms with E-state index in [-0.39, 0.29) is 0 Å². The number of nitrogens with one attached hydrogen (secondary N) is 2. The number of aromatic nitrogens is 2. The minimum atomic E-state index is 0.680. The predicted molar refractivity (Wildman–Crippen MR) is 115 cm³/mol. The molecule has 2 heterocycles. The average molecular weight is 357 g/mol. The number of nitrogens with zero attached hydrogens (tertiary/aromatic N) is 1. The van der Waals surface area contributed by atoms with Gasteiger partial charge in [0.1, 0.15) is 0 Å². The zero-order valence-electron chi connectivity index (χ0n) is 15.0. The van der Waals surface area contributed by atoms with Gasteiger partial charge in [-0.05, 0) is 59.7 Å². The molecule has 0 unspecified atom stereocenters. The Labute approximate surface area is 160 Å². The van der Waals surface area contributed by atoms with Gasteiger partial charge in [0.25, 0.3) is 0 Å². The summed E-state index contributed by atoms with van der Waals surface area (Å²) in [5.41, 5.74) is 7.48. The fourth-order valence-corrected chi connectivity index (χ4v) is 4.17. The number of hydrogen-bond acceptors (Lipinski definition) is 1. The Kier molecular flexibility index (Phi) is 2.95. The van der Waals surface area contributed by atoms with Crippen molar-refractivity contribution in [3.05, 3.63) is 84.4 Å². The lowest BCUT2D eigenvalue weighted by atomic mass is 10.0. The Morgan fingerprint density at radius 1 is 0.536 bits per heavy atom. The van der Waals surface area contributed by atoms with Crippen molar-refractivity contribution in [1.82, 2.24) is 9.97 Å². The van der Waals surface area contributed by atoms with Crippen LogP contribution in [0.1, 0.15) is 5.56 Å². The first kappa shape index (κ1) is 15.1. The molecule has 0 aliphatic carbocycles. The van der Waals surface area contributed by atoms with Gasteiger partial charge >= 0.3 is 0 Å². The molecule has 6 aromatic rings. The van der Waals surface area contributed by atoms with E-state index >= 15 is 0 Å². The second kappa shape index (κ2) is 5.48. The first-order valence-electron chi connectivity index (χ1n) is 9.27. The van der Waals surface area contributed by atoms with Crippen molar-refractivity contribution in [2.24, 2.45) is 0 Å². The summed E-state index contributed by atoms with van der Waals surface area (Å²) in [6.45, 7) is 0. The second-order valence-electron chi connectivity index (χ2n) is 7.19. The molecule has 0 fully saturated rings. The summed E-state index contributed by atoms with van der Waals surface area (Å²) >= 11 is 0. The largest absolute Gasteiger partial charge is 0.355 e. The summed E-state index contributed by atoms with van der Waals surface area (Å²) in [5, 5.41) is 13.9. The van der Waals surface area contributed by atoms with Gasteiger partial charge in [0.15, 0.2) is 0 Å². The van der Waals surface area contributed by atoms with Crippen molar-refractivity contribution >= 4 is 43.6 Å². The number of rotatable bonds is 1. The van der Waals surface area contributed by atoms with Crippen LogP contribution < -0.4 is 0 Å². The molecular formula is C25H15N3. The van der Waals surface area contributed by atoms with Gasteiger partial charge in [0.05, 0.1) is 11.6 Å². The van der Waals surface area contributed by atoms with E-state index < -0.39 is 0 Å². The molecule has 2 aromatic heterocycles. The van der Waals surface area contributed by atoms with E-state index in [4.69, 9.17) is 0 Å². The third-order valence-electron chi connectivity index (χ3n) is 5.57. The molecule has 0 amide bonds. The van der Waals surface area contributed by atoms with E-state index in [0.29, 0.717) is 5.56 Å². The zero-order chi connectivity index (χ0) is 18.7. The molecule has 0 saturated heterocycles. The van der Waals surface area contributed by atoms with Crippen LogP contribution in [-0.4, -0.2) is 9.97 Å². The molecule has 0 saturated carbocycles. The van der Waals surface area contributed by atoms with Crippen LogP contribution in [0.5, 0.6) is 0 Å². The smallest absolute Gasteiger partial charge is 0.0991 e. The topological polar surface area (TPSA) is 55.4 Å². The number of fused-ring (bicyclic) bond motifs is 6. The van der Waals surface area contributed by atoms with Crippen molar-refractivity contribution in [3.8, 4) is 17.2 Å². The van der Waals surface area contributed by atoms with E-state index in [0.717, 1.165) is 32.8 Å². The maximum Gasteiger partial charge on any atom is 0.0991 e. The van der Waals surface area contributed by atoms with Crippen LogP contribution in [0, 0.1) is 11.3 Å². The molecule has 0 aliphatic rings. The third kappa shape index (κ3) is 2.09. The van der Waals surface area contributed by atoms with Gasteiger partial charge in [-0.3, -0.25) is 0 Å². The van der Waals surface area contributed by atoms with Crippen molar-refractivity contribution < 1.29 is 0 Å². The fourth-order valence-electron chi connectivity index (χ4n) is 4.17. The highest BCUT2D eigenvalue weighted by atomic mass is 14.7. The first-order chi connectivity index (χ1) is 13.8. The van der Waals surface area contributed by atoms with Crippen LogP contribution in [0.4, 0.5) is 0 Å². The maximum absolute atomic E-state index is 9.24. The molecule has 0 bridgehead atoms. The molecule has 130 valence electrons. The highest BCUT2D eigenvalue weighted by molar-refractivity contribution is 6.10. The maximum atomic E-state index is 9.24. The SMILES string of the molecule is N#Cc1ccc2[nH]c3ccc(-c4ccc5[nH]c6ccccc6c5c4)cc3c2c1. The van der Waals surface area contributed by atoms with Gasteiger partial charge in [0, 0.05) is 43.6 Å². The number of benzene rings is 4. The summed E-state index contributed by atoms with van der Waals surface area (Å²) in [6, 6.07) is 29.5. The van der Waals surface area contributed by atoms with Crippen molar-refractivity contribution in [1.29, 1.82) is 5.26 Å². The second-order valence-corrected chi connectivity index (χ2v) is 7.19. The van der Waals surface area contributed by atoms with E-state index in [2.05, 4.69) is 76.7 Å². The highest BCUT2D eigenvalue weighted by Crippen LogP contribution is 2.33. The van der Waals surface area contributed by atoms with Crippen LogP contribution in [0.3, 0.4) is 0 Å². The number of hydrogen-bond donors (Lipinski definition) is 2. The van der Waals surface area contributed by atoms with Gasteiger partial charge in [-0.25, -0.2) is 0 Å². The minimum absolute atomic E-state index is 0.680. The van der Waals surface area contributed by atoms with Crippen molar-refractivity contribution in [2.75, 3.05) is 0 Å². The Morgan fingerprint density at radius 2 is 1.07 bits per heavy atom. The van der Waals surface area contributed by atoms with Crippen molar-refractivity contribution in [2.45, 2.75) is 0 Å². The summed E-state index contributed by atoms with van der Waals surface area (Å²) in [6.07, 6.45) is 0. The Bertz CT molecular complexity index is 1570. The number of para-hydroxylation sites is 1. The Hall–Kier alpha value is -4.03. The van der Waals surface area contributed by atoms with Crippen LogP contribution in [0.25, 0.3) is 54.7 Å². The molecule has 0 radical (unpaired) electrons. The molecule has 4 aromatic carbocycles. The quantitative estimate of drug-likeness (QED) is 0.347. The average Bonchev–Trinajstić information content (AvgIpc) is 3.30. The first-order valence-corrected chi connectivity index (χ1v) is 9.27. The van der Waals surface area contributed by atoms with Gasteiger partial charge in [-0.15, -0.1) is 0 Å². The lowest BCUT2D eigenvalue weighted by Crippen LogP contribution is -1.79. The minimum Gasteiger partial charge on any atom is -0.355 e. The van der Waals surface area contributed by atoms with Gasteiger partial charge in [0.2, 0.25) is 0 Å². The molecule has 3 nitrogen and oxygen atoms in total. The summed E-state index contributed by atoms with van der Waals surface area (Å²) in [4.78, 5) is 6.93. The summed E-state index contributed by atoms with van der Waals surface area (Å²) in [7, 11) is 0. The summed E-state index contributed by atoms with van der Waals surface area (Å²) < 4.78 is 0. The number of H-pyrrole nitrogens is 2. The Balaban J connectivity index is 1.60. The molecule has 0 atom stereocenters. The molecule has 0 aliphatic heterocycles. The lowest BCUT2D eigenvalue weighted by Gasteiger charge is -2.03. The van der Waals surface area contributed by atoms with Crippen LogP contribution in [0.2, 0.25) is 0 Å². The number of nitriles is 1. The van der Waals surface area contributed by atoms with Crippen LogP contribution >= 0.6 is 0 Å². The van der Waals surface area contributed by atoms with Crippen molar-refractivity contribution in [3.63, 3.8) is 0 Å². The number of aromatic amines is 2. The van der Waals surface area contributed by atoms with Crippen LogP contribution in [0.15, 0.2) is 78.9 Å². The predicted octanol–water partition coefficient (Wildman–Crippen LogP) is 6.49. The Morgan fingerprint density at radius 3 is 1.75 bits per heavy atom. The van der Waals surface area contributed by atoms with Crippen LogP contribution in [-0.2, 0) is 0 Å². The monoisotopic (exact) mass is 357 g/mol.